The van der Waals surface area contributed by atoms with Crippen LogP contribution in [0.5, 0.6) is 0 Å². The summed E-state index contributed by atoms with van der Waals surface area (Å²) in [6.45, 7) is 8.82. The zero-order chi connectivity index (χ0) is 17.4. The molecule has 1 aliphatic rings. The standard InChI is InChI=1S/C18H27FN4O/c1-3-9-21-18(20-4-2)22-13-14-5-6-17(16(19)12-14)23-10-7-15(24)8-11-23/h3,5-6,12,15,24H,1,4,7-11,13H2,2H3,(H2,20,21,22). The lowest BCUT2D eigenvalue weighted by molar-refractivity contribution is 0.145. The van der Waals surface area contributed by atoms with Crippen molar-refractivity contribution in [2.45, 2.75) is 32.4 Å². The molecular weight excluding hydrogens is 307 g/mol. The number of rotatable bonds is 6. The monoisotopic (exact) mass is 334 g/mol. The van der Waals surface area contributed by atoms with Crippen LogP contribution in [0.3, 0.4) is 0 Å². The molecule has 5 nitrogen and oxygen atoms in total. The van der Waals surface area contributed by atoms with Gasteiger partial charge in [0.2, 0.25) is 0 Å². The van der Waals surface area contributed by atoms with Gasteiger partial charge < -0.3 is 20.6 Å². The number of guanidine groups is 1. The lowest BCUT2D eigenvalue weighted by atomic mass is 10.1. The molecule has 0 aromatic heterocycles. The summed E-state index contributed by atoms with van der Waals surface area (Å²) in [7, 11) is 0. The van der Waals surface area contributed by atoms with E-state index in [0.29, 0.717) is 50.7 Å². The molecule has 0 radical (unpaired) electrons. The summed E-state index contributed by atoms with van der Waals surface area (Å²) in [6.07, 6.45) is 2.88. The SMILES string of the molecule is C=CCNC(=NCc1ccc(N2CCC(O)CC2)c(F)c1)NCC. The van der Waals surface area contributed by atoms with Gasteiger partial charge in [-0.2, -0.15) is 0 Å². The average Bonchev–Trinajstić information content (AvgIpc) is 2.58. The molecule has 1 aromatic carbocycles. The molecule has 6 heteroatoms. The lowest BCUT2D eigenvalue weighted by Crippen LogP contribution is -2.37. The van der Waals surface area contributed by atoms with Gasteiger partial charge in [-0.05, 0) is 37.5 Å². The van der Waals surface area contributed by atoms with Crippen LogP contribution in [0.4, 0.5) is 10.1 Å². The van der Waals surface area contributed by atoms with Crippen LogP contribution in [0.25, 0.3) is 0 Å². The number of halogens is 1. The van der Waals surface area contributed by atoms with Crippen LogP contribution in [-0.4, -0.2) is 43.3 Å². The molecule has 3 N–H and O–H groups in total. The van der Waals surface area contributed by atoms with Gasteiger partial charge in [0.15, 0.2) is 5.96 Å². The Kier molecular flexibility index (Phi) is 7.06. The fourth-order valence-electron chi connectivity index (χ4n) is 2.69. The topological polar surface area (TPSA) is 59.9 Å². The van der Waals surface area contributed by atoms with Crippen molar-refractivity contribution in [2.24, 2.45) is 4.99 Å². The summed E-state index contributed by atoms with van der Waals surface area (Å²) in [6, 6.07) is 5.26. The summed E-state index contributed by atoms with van der Waals surface area (Å²) in [5.41, 5.74) is 1.43. The molecule has 0 spiro atoms. The van der Waals surface area contributed by atoms with Gasteiger partial charge in [-0.3, -0.25) is 0 Å². The van der Waals surface area contributed by atoms with Crippen LogP contribution in [0.2, 0.25) is 0 Å². The molecule has 0 bridgehead atoms. The fourth-order valence-corrected chi connectivity index (χ4v) is 2.69. The van der Waals surface area contributed by atoms with Crippen LogP contribution in [-0.2, 0) is 6.54 Å². The van der Waals surface area contributed by atoms with Gasteiger partial charge in [-0.1, -0.05) is 12.1 Å². The van der Waals surface area contributed by atoms with Crippen molar-refractivity contribution in [2.75, 3.05) is 31.1 Å². The Bertz CT molecular complexity index is 568. The number of benzene rings is 1. The normalized spacial score (nSPS) is 16.1. The van der Waals surface area contributed by atoms with E-state index in [0.717, 1.165) is 12.1 Å². The second kappa shape index (κ2) is 9.27. The zero-order valence-corrected chi connectivity index (χ0v) is 14.3. The molecule has 1 saturated heterocycles. The molecule has 0 saturated carbocycles. The number of anilines is 1. The second-order valence-electron chi connectivity index (χ2n) is 5.87. The third-order valence-corrected chi connectivity index (χ3v) is 4.00. The third-order valence-electron chi connectivity index (χ3n) is 4.00. The fraction of sp³-hybridized carbons (Fsp3) is 0.500. The molecule has 24 heavy (non-hydrogen) atoms. The van der Waals surface area contributed by atoms with E-state index in [1.807, 2.05) is 24.0 Å². The lowest BCUT2D eigenvalue weighted by Gasteiger charge is -2.31. The number of aliphatic hydroxyl groups is 1. The van der Waals surface area contributed by atoms with Crippen molar-refractivity contribution < 1.29 is 9.50 Å². The molecule has 1 aliphatic heterocycles. The summed E-state index contributed by atoms with van der Waals surface area (Å²) >= 11 is 0. The predicted molar refractivity (Wildman–Crippen MR) is 96.9 cm³/mol. The van der Waals surface area contributed by atoms with E-state index in [1.165, 1.54) is 0 Å². The van der Waals surface area contributed by atoms with Crippen LogP contribution < -0.4 is 15.5 Å². The Morgan fingerprint density at radius 2 is 2.17 bits per heavy atom. The smallest absolute Gasteiger partial charge is 0.191 e. The highest BCUT2D eigenvalue weighted by atomic mass is 19.1. The highest BCUT2D eigenvalue weighted by molar-refractivity contribution is 5.79. The second-order valence-corrected chi connectivity index (χ2v) is 5.87. The summed E-state index contributed by atoms with van der Waals surface area (Å²) in [5, 5.41) is 15.8. The summed E-state index contributed by atoms with van der Waals surface area (Å²) in [4.78, 5) is 6.44. The first-order chi connectivity index (χ1) is 11.6. The maximum absolute atomic E-state index is 14.4. The van der Waals surface area contributed by atoms with Gasteiger partial charge in [0.1, 0.15) is 5.82 Å². The minimum absolute atomic E-state index is 0.233. The average molecular weight is 334 g/mol. The van der Waals surface area contributed by atoms with E-state index in [1.54, 1.807) is 12.1 Å². The van der Waals surface area contributed by atoms with Crippen molar-refractivity contribution >= 4 is 11.6 Å². The van der Waals surface area contributed by atoms with Gasteiger partial charge in [-0.15, -0.1) is 6.58 Å². The predicted octanol–water partition coefficient (Wildman–Crippen LogP) is 2.03. The molecule has 0 aliphatic carbocycles. The first-order valence-electron chi connectivity index (χ1n) is 8.48. The van der Waals surface area contributed by atoms with E-state index in [4.69, 9.17) is 0 Å². The van der Waals surface area contributed by atoms with Crippen LogP contribution in [0.1, 0.15) is 25.3 Å². The molecule has 1 aromatic rings. The quantitative estimate of drug-likeness (QED) is 0.423. The van der Waals surface area contributed by atoms with Crippen molar-refractivity contribution in [3.8, 4) is 0 Å². The van der Waals surface area contributed by atoms with E-state index in [9.17, 15) is 9.50 Å². The highest BCUT2D eigenvalue weighted by Crippen LogP contribution is 2.24. The number of hydrogen-bond acceptors (Lipinski definition) is 3. The highest BCUT2D eigenvalue weighted by Gasteiger charge is 2.19. The van der Waals surface area contributed by atoms with E-state index >= 15 is 0 Å². The summed E-state index contributed by atoms with van der Waals surface area (Å²) < 4.78 is 14.4. The molecule has 0 atom stereocenters. The van der Waals surface area contributed by atoms with E-state index < -0.39 is 0 Å². The van der Waals surface area contributed by atoms with Gasteiger partial charge in [0.05, 0.1) is 18.3 Å². The van der Waals surface area contributed by atoms with Crippen molar-refractivity contribution in [1.82, 2.24) is 10.6 Å². The van der Waals surface area contributed by atoms with E-state index in [-0.39, 0.29) is 11.9 Å². The Labute approximate surface area is 143 Å². The van der Waals surface area contributed by atoms with E-state index in [2.05, 4.69) is 22.2 Å². The van der Waals surface area contributed by atoms with Crippen molar-refractivity contribution in [3.63, 3.8) is 0 Å². The third kappa shape index (κ3) is 5.23. The van der Waals surface area contributed by atoms with Crippen molar-refractivity contribution in [1.29, 1.82) is 0 Å². The minimum Gasteiger partial charge on any atom is -0.393 e. The Morgan fingerprint density at radius 3 is 2.79 bits per heavy atom. The van der Waals surface area contributed by atoms with Gasteiger partial charge >= 0.3 is 0 Å². The molecule has 1 fully saturated rings. The Hall–Kier alpha value is -2.08. The van der Waals surface area contributed by atoms with Crippen LogP contribution in [0.15, 0.2) is 35.8 Å². The maximum atomic E-state index is 14.4. The Balaban J connectivity index is 2.01. The van der Waals surface area contributed by atoms with Gasteiger partial charge in [-0.25, -0.2) is 9.38 Å². The summed E-state index contributed by atoms with van der Waals surface area (Å²) in [5.74, 6) is 0.454. The molecule has 132 valence electrons. The van der Waals surface area contributed by atoms with Gasteiger partial charge in [0, 0.05) is 26.2 Å². The number of aliphatic imine (C=N–C) groups is 1. The van der Waals surface area contributed by atoms with Gasteiger partial charge in [0.25, 0.3) is 0 Å². The molecule has 0 unspecified atom stereocenters. The number of hydrogen-bond donors (Lipinski definition) is 3. The van der Waals surface area contributed by atoms with Crippen LogP contribution in [0, 0.1) is 5.82 Å². The first-order valence-corrected chi connectivity index (χ1v) is 8.48. The number of nitrogens with one attached hydrogen (secondary N) is 2. The largest absolute Gasteiger partial charge is 0.393 e. The minimum atomic E-state index is -0.259. The maximum Gasteiger partial charge on any atom is 0.191 e. The molecular formula is C18H27FN4O. The first kappa shape index (κ1) is 18.3. The number of piperidine rings is 1. The molecule has 0 amide bonds. The molecule has 2 rings (SSSR count). The Morgan fingerprint density at radius 1 is 1.42 bits per heavy atom. The number of aliphatic hydroxyl groups excluding tert-OH is 1. The van der Waals surface area contributed by atoms with Crippen molar-refractivity contribution in [3.05, 3.63) is 42.2 Å². The zero-order valence-electron chi connectivity index (χ0n) is 14.3. The molecule has 1 heterocycles. The van der Waals surface area contributed by atoms with Crippen LogP contribution >= 0.6 is 0 Å². The number of nitrogens with zero attached hydrogens (tertiary/aromatic N) is 2.